The lowest BCUT2D eigenvalue weighted by atomic mass is 10.0. The van der Waals surface area contributed by atoms with Crippen LogP contribution in [0.25, 0.3) is 0 Å². The summed E-state index contributed by atoms with van der Waals surface area (Å²) in [6.45, 7) is 4.23. The molecule has 0 radical (unpaired) electrons. The van der Waals surface area contributed by atoms with Gasteiger partial charge in [0.25, 0.3) is 5.91 Å². The quantitative estimate of drug-likeness (QED) is 0.821. The molecule has 3 rings (SSSR count). The third-order valence-corrected chi connectivity index (χ3v) is 5.20. The second-order valence-corrected chi connectivity index (χ2v) is 6.71. The van der Waals surface area contributed by atoms with Crippen LogP contribution >= 0.6 is 11.8 Å². The molecule has 23 heavy (non-hydrogen) atoms. The second-order valence-electron chi connectivity index (χ2n) is 5.84. The van der Waals surface area contributed by atoms with E-state index < -0.39 is 0 Å². The number of hydrogen-bond acceptors (Lipinski definition) is 3. The molecule has 120 valence electrons. The number of hydrogen-bond donors (Lipinski definition) is 1. The zero-order valence-electron chi connectivity index (χ0n) is 13.7. The molecule has 1 amide bonds. The van der Waals surface area contributed by atoms with E-state index in [1.165, 1.54) is 4.90 Å². The first-order valence-electron chi connectivity index (χ1n) is 7.98. The van der Waals surface area contributed by atoms with Crippen LogP contribution in [0.2, 0.25) is 0 Å². The molecule has 0 saturated heterocycles. The summed E-state index contributed by atoms with van der Waals surface area (Å²) >= 11 is 1.72. The van der Waals surface area contributed by atoms with Gasteiger partial charge in [-0.15, -0.1) is 11.8 Å². The molecule has 1 aliphatic rings. The Balaban J connectivity index is 2.03. The fraction of sp³-hybridized carbons (Fsp3) is 0.316. The molecule has 2 aromatic carbocycles. The molecular weight excluding hydrogens is 304 g/mol. The van der Waals surface area contributed by atoms with Gasteiger partial charge in [0.2, 0.25) is 0 Å². The molecule has 0 bridgehead atoms. The minimum Gasteiger partial charge on any atom is -0.361 e. The highest BCUT2D eigenvalue weighted by atomic mass is 32.2. The molecular formula is C19H22N2OS. The summed E-state index contributed by atoms with van der Waals surface area (Å²) in [4.78, 5) is 16.2. The number of thioether (sulfide) groups is 1. The molecule has 0 aliphatic carbocycles. The SMILES string of the molecule is CC[C@@H](C)N1C(=O)c2ccccc2N[C@H]1c1ccc(SC)cc1. The van der Waals surface area contributed by atoms with E-state index in [4.69, 9.17) is 0 Å². The third-order valence-electron chi connectivity index (χ3n) is 4.46. The molecule has 0 unspecified atom stereocenters. The van der Waals surface area contributed by atoms with Crippen molar-refractivity contribution in [2.75, 3.05) is 11.6 Å². The van der Waals surface area contributed by atoms with Gasteiger partial charge in [-0.3, -0.25) is 4.79 Å². The summed E-state index contributed by atoms with van der Waals surface area (Å²) in [7, 11) is 0. The van der Waals surface area contributed by atoms with E-state index in [2.05, 4.69) is 49.7 Å². The van der Waals surface area contributed by atoms with Gasteiger partial charge in [-0.2, -0.15) is 0 Å². The predicted octanol–water partition coefficient (Wildman–Crippen LogP) is 4.77. The molecule has 0 saturated carbocycles. The van der Waals surface area contributed by atoms with Crippen molar-refractivity contribution >= 4 is 23.4 Å². The number of carbonyl (C=O) groups is 1. The smallest absolute Gasteiger partial charge is 0.258 e. The Kier molecular flexibility index (Phi) is 4.62. The van der Waals surface area contributed by atoms with Crippen molar-refractivity contribution in [3.05, 3.63) is 59.7 Å². The summed E-state index contributed by atoms with van der Waals surface area (Å²) < 4.78 is 0. The Morgan fingerprint density at radius 1 is 1.17 bits per heavy atom. The van der Waals surface area contributed by atoms with E-state index in [-0.39, 0.29) is 18.1 Å². The number of fused-ring (bicyclic) bond motifs is 1. The molecule has 0 fully saturated rings. The van der Waals surface area contributed by atoms with Gasteiger partial charge in [0, 0.05) is 16.6 Å². The number of nitrogens with zero attached hydrogens (tertiary/aromatic N) is 1. The Labute approximate surface area is 142 Å². The topological polar surface area (TPSA) is 32.3 Å². The van der Waals surface area contributed by atoms with Crippen molar-refractivity contribution in [2.24, 2.45) is 0 Å². The summed E-state index contributed by atoms with van der Waals surface area (Å²) in [6, 6.07) is 16.4. The average Bonchev–Trinajstić information content (AvgIpc) is 2.61. The maximum absolute atomic E-state index is 13.0. The van der Waals surface area contributed by atoms with E-state index in [0.29, 0.717) is 0 Å². The van der Waals surface area contributed by atoms with E-state index >= 15 is 0 Å². The van der Waals surface area contributed by atoms with Crippen LogP contribution in [0.4, 0.5) is 5.69 Å². The molecule has 4 heteroatoms. The fourth-order valence-corrected chi connectivity index (χ4v) is 3.36. The molecule has 2 aromatic rings. The van der Waals surface area contributed by atoms with Crippen LogP contribution in [-0.4, -0.2) is 23.1 Å². The Bertz CT molecular complexity index is 699. The number of benzene rings is 2. The zero-order valence-corrected chi connectivity index (χ0v) is 14.6. The molecule has 0 aromatic heterocycles. The average molecular weight is 326 g/mol. The van der Waals surface area contributed by atoms with Gasteiger partial charge in [0.1, 0.15) is 6.17 Å². The first-order chi connectivity index (χ1) is 11.2. The van der Waals surface area contributed by atoms with Gasteiger partial charge < -0.3 is 10.2 Å². The number of carbonyl (C=O) groups excluding carboxylic acids is 1. The van der Waals surface area contributed by atoms with Crippen molar-refractivity contribution in [1.82, 2.24) is 4.90 Å². The summed E-state index contributed by atoms with van der Waals surface area (Å²) in [6.07, 6.45) is 2.87. The molecule has 1 aliphatic heterocycles. The van der Waals surface area contributed by atoms with E-state index in [9.17, 15) is 4.79 Å². The molecule has 1 heterocycles. The van der Waals surface area contributed by atoms with Gasteiger partial charge in [0.05, 0.1) is 5.56 Å². The number of rotatable bonds is 4. The predicted molar refractivity (Wildman–Crippen MR) is 97.0 cm³/mol. The second kappa shape index (κ2) is 6.67. The van der Waals surface area contributed by atoms with E-state index in [1.54, 1.807) is 11.8 Å². The zero-order chi connectivity index (χ0) is 16.4. The van der Waals surface area contributed by atoms with Crippen molar-refractivity contribution in [1.29, 1.82) is 0 Å². The fourth-order valence-electron chi connectivity index (χ4n) is 2.95. The maximum atomic E-state index is 13.0. The number of amides is 1. The van der Waals surface area contributed by atoms with E-state index in [0.717, 1.165) is 23.2 Å². The van der Waals surface area contributed by atoms with Gasteiger partial charge in [0.15, 0.2) is 0 Å². The van der Waals surface area contributed by atoms with Crippen molar-refractivity contribution in [3.63, 3.8) is 0 Å². The lowest BCUT2D eigenvalue weighted by molar-refractivity contribution is 0.0593. The van der Waals surface area contributed by atoms with Crippen molar-refractivity contribution in [2.45, 2.75) is 37.4 Å². The van der Waals surface area contributed by atoms with Gasteiger partial charge >= 0.3 is 0 Å². The minimum atomic E-state index is -0.122. The lowest BCUT2D eigenvalue weighted by Gasteiger charge is -2.41. The summed E-state index contributed by atoms with van der Waals surface area (Å²) in [5.74, 6) is 0.104. The highest BCUT2D eigenvalue weighted by Gasteiger charge is 2.35. The Hall–Kier alpha value is -1.94. The third kappa shape index (κ3) is 2.95. The molecule has 3 nitrogen and oxygen atoms in total. The Morgan fingerprint density at radius 2 is 1.87 bits per heavy atom. The summed E-state index contributed by atoms with van der Waals surface area (Å²) in [5, 5.41) is 3.54. The van der Waals surface area contributed by atoms with Crippen LogP contribution in [0.3, 0.4) is 0 Å². The van der Waals surface area contributed by atoms with Crippen LogP contribution in [0.1, 0.15) is 42.4 Å². The van der Waals surface area contributed by atoms with Crippen LogP contribution in [0, 0.1) is 0 Å². The molecule has 0 spiro atoms. The largest absolute Gasteiger partial charge is 0.361 e. The standard InChI is InChI=1S/C19H22N2OS/c1-4-13(2)21-18(14-9-11-15(23-3)12-10-14)20-17-8-6-5-7-16(17)19(21)22/h5-13,18,20H,4H2,1-3H3/t13-,18-/m1/s1. The van der Waals surface area contributed by atoms with Crippen LogP contribution < -0.4 is 5.32 Å². The number of anilines is 1. The molecule has 1 N–H and O–H groups in total. The van der Waals surface area contributed by atoms with Crippen LogP contribution in [0.15, 0.2) is 53.4 Å². The van der Waals surface area contributed by atoms with Crippen LogP contribution in [0.5, 0.6) is 0 Å². The maximum Gasteiger partial charge on any atom is 0.258 e. The highest BCUT2D eigenvalue weighted by Crippen LogP contribution is 2.35. The van der Waals surface area contributed by atoms with E-state index in [1.807, 2.05) is 29.2 Å². The Morgan fingerprint density at radius 3 is 2.52 bits per heavy atom. The number of nitrogens with one attached hydrogen (secondary N) is 1. The van der Waals surface area contributed by atoms with Crippen molar-refractivity contribution < 1.29 is 4.79 Å². The normalized spacial score (nSPS) is 18.3. The number of para-hydroxylation sites is 1. The van der Waals surface area contributed by atoms with Gasteiger partial charge in [-0.1, -0.05) is 31.2 Å². The first-order valence-corrected chi connectivity index (χ1v) is 9.20. The van der Waals surface area contributed by atoms with Gasteiger partial charge in [-0.25, -0.2) is 0 Å². The van der Waals surface area contributed by atoms with Crippen LogP contribution in [-0.2, 0) is 0 Å². The van der Waals surface area contributed by atoms with Gasteiger partial charge in [-0.05, 0) is 49.4 Å². The molecule has 2 atom stereocenters. The monoisotopic (exact) mass is 326 g/mol. The first kappa shape index (κ1) is 15.9. The van der Waals surface area contributed by atoms with Crippen molar-refractivity contribution in [3.8, 4) is 0 Å². The highest BCUT2D eigenvalue weighted by molar-refractivity contribution is 7.98. The summed E-state index contributed by atoms with van der Waals surface area (Å²) in [5.41, 5.74) is 2.78. The minimum absolute atomic E-state index is 0.104. The lowest BCUT2D eigenvalue weighted by Crippen LogP contribution is -2.47.